The molecule has 1 aromatic rings. The number of anilines is 2. The second-order valence-corrected chi connectivity index (χ2v) is 4.26. The lowest BCUT2D eigenvalue weighted by molar-refractivity contribution is 0.836. The first kappa shape index (κ1) is 10.3. The van der Waals surface area contributed by atoms with Crippen molar-refractivity contribution in [1.82, 2.24) is 0 Å². The molecule has 0 bridgehead atoms. The van der Waals surface area contributed by atoms with Gasteiger partial charge in [-0.3, -0.25) is 0 Å². The smallest absolute Gasteiger partial charge is 0.0377 e. The number of benzene rings is 1. The van der Waals surface area contributed by atoms with E-state index >= 15 is 0 Å². The average molecular weight is 204 g/mol. The van der Waals surface area contributed by atoms with Crippen LogP contribution in [0, 0.1) is 0 Å². The van der Waals surface area contributed by atoms with Gasteiger partial charge in [-0.15, -0.1) is 0 Å². The van der Waals surface area contributed by atoms with Crippen molar-refractivity contribution in [3.8, 4) is 0 Å². The van der Waals surface area contributed by atoms with E-state index in [1.807, 2.05) is 0 Å². The van der Waals surface area contributed by atoms with Gasteiger partial charge in [0.2, 0.25) is 0 Å². The van der Waals surface area contributed by atoms with Gasteiger partial charge in [0.15, 0.2) is 0 Å². The van der Waals surface area contributed by atoms with Crippen LogP contribution < -0.4 is 10.2 Å². The Labute approximate surface area is 92.3 Å². The van der Waals surface area contributed by atoms with E-state index in [9.17, 15) is 0 Å². The van der Waals surface area contributed by atoms with Crippen molar-refractivity contribution in [2.75, 3.05) is 23.3 Å². The van der Waals surface area contributed by atoms with E-state index in [4.69, 9.17) is 0 Å². The molecule has 2 nitrogen and oxygen atoms in total. The number of nitrogens with one attached hydrogen (secondary N) is 1. The normalized spacial score (nSPS) is 18.5. The fourth-order valence-corrected chi connectivity index (χ4v) is 2.32. The van der Waals surface area contributed by atoms with Gasteiger partial charge in [-0.2, -0.15) is 0 Å². The van der Waals surface area contributed by atoms with E-state index < -0.39 is 0 Å². The van der Waals surface area contributed by atoms with Gasteiger partial charge in [0, 0.05) is 30.5 Å². The Kier molecular flexibility index (Phi) is 2.85. The van der Waals surface area contributed by atoms with E-state index in [2.05, 4.69) is 49.2 Å². The molecule has 0 fully saturated rings. The highest BCUT2D eigenvalue weighted by Gasteiger charge is 2.17. The molecule has 1 unspecified atom stereocenters. The number of hydrogen-bond acceptors (Lipinski definition) is 2. The second-order valence-electron chi connectivity index (χ2n) is 4.26. The van der Waals surface area contributed by atoms with Crippen molar-refractivity contribution in [1.29, 1.82) is 0 Å². The minimum absolute atomic E-state index is 0.590. The molecule has 82 valence electrons. The van der Waals surface area contributed by atoms with Crippen LogP contribution in [-0.4, -0.2) is 19.1 Å². The first-order valence-electron chi connectivity index (χ1n) is 5.89. The lowest BCUT2D eigenvalue weighted by atomic mass is 10.1. The zero-order valence-corrected chi connectivity index (χ0v) is 9.88. The van der Waals surface area contributed by atoms with Crippen LogP contribution in [0.2, 0.25) is 0 Å². The highest BCUT2D eigenvalue weighted by Crippen LogP contribution is 2.29. The molecule has 2 rings (SSSR count). The maximum Gasteiger partial charge on any atom is 0.0377 e. The quantitative estimate of drug-likeness (QED) is 0.814. The van der Waals surface area contributed by atoms with Crippen LogP contribution in [0.5, 0.6) is 0 Å². The molecule has 0 aliphatic carbocycles. The Morgan fingerprint density at radius 2 is 2.07 bits per heavy atom. The lowest BCUT2D eigenvalue weighted by Gasteiger charge is -2.21. The molecule has 0 amide bonds. The minimum atomic E-state index is 0.590. The first-order chi connectivity index (χ1) is 7.24. The first-order valence-corrected chi connectivity index (χ1v) is 5.89. The van der Waals surface area contributed by atoms with Gasteiger partial charge in [0.1, 0.15) is 0 Å². The highest BCUT2D eigenvalue weighted by atomic mass is 15.1. The molecule has 0 radical (unpaired) electrons. The summed E-state index contributed by atoms with van der Waals surface area (Å²) in [5.74, 6) is 0. The summed E-state index contributed by atoms with van der Waals surface area (Å²) in [7, 11) is 0. The van der Waals surface area contributed by atoms with Gasteiger partial charge >= 0.3 is 0 Å². The Morgan fingerprint density at radius 3 is 2.73 bits per heavy atom. The molecule has 0 aromatic heterocycles. The standard InChI is InChI=1S/C13H20N2/c1-4-15(5-2)12-6-7-13-11(9-12)8-10(3)14-13/h6-7,9-10,14H,4-5,8H2,1-3H3. The van der Waals surface area contributed by atoms with Crippen LogP contribution in [0.4, 0.5) is 11.4 Å². The highest BCUT2D eigenvalue weighted by molar-refractivity contribution is 5.63. The minimum Gasteiger partial charge on any atom is -0.382 e. The summed E-state index contributed by atoms with van der Waals surface area (Å²) in [5, 5.41) is 3.48. The van der Waals surface area contributed by atoms with Gasteiger partial charge < -0.3 is 10.2 Å². The summed E-state index contributed by atoms with van der Waals surface area (Å²) in [5.41, 5.74) is 4.14. The third-order valence-corrected chi connectivity index (χ3v) is 3.15. The summed E-state index contributed by atoms with van der Waals surface area (Å²) in [6.07, 6.45) is 1.16. The molecule has 1 atom stereocenters. The van der Waals surface area contributed by atoms with Crippen molar-refractivity contribution in [2.45, 2.75) is 33.2 Å². The molecular formula is C13H20N2. The Morgan fingerprint density at radius 1 is 1.33 bits per heavy atom. The third kappa shape index (κ3) is 1.94. The van der Waals surface area contributed by atoms with Gasteiger partial charge in [-0.1, -0.05) is 0 Å². The second kappa shape index (κ2) is 4.13. The van der Waals surface area contributed by atoms with E-state index in [1.165, 1.54) is 16.9 Å². The van der Waals surface area contributed by atoms with Crippen molar-refractivity contribution in [3.63, 3.8) is 0 Å². The summed E-state index contributed by atoms with van der Waals surface area (Å²) < 4.78 is 0. The van der Waals surface area contributed by atoms with Crippen LogP contribution in [0.25, 0.3) is 0 Å². The van der Waals surface area contributed by atoms with Crippen LogP contribution in [0.1, 0.15) is 26.3 Å². The predicted octanol–water partition coefficient (Wildman–Crippen LogP) is 2.89. The largest absolute Gasteiger partial charge is 0.382 e. The van der Waals surface area contributed by atoms with E-state index in [-0.39, 0.29) is 0 Å². The molecule has 0 saturated heterocycles. The van der Waals surface area contributed by atoms with E-state index in [0.717, 1.165) is 19.5 Å². The molecule has 0 saturated carbocycles. The summed E-state index contributed by atoms with van der Waals surface area (Å²) >= 11 is 0. The topological polar surface area (TPSA) is 15.3 Å². The Balaban J connectivity index is 2.26. The molecule has 1 aliphatic heterocycles. The Bertz CT molecular complexity index is 342. The zero-order valence-electron chi connectivity index (χ0n) is 9.88. The summed E-state index contributed by atoms with van der Waals surface area (Å²) in [6.45, 7) is 8.81. The number of rotatable bonds is 3. The maximum atomic E-state index is 3.48. The van der Waals surface area contributed by atoms with Gasteiger partial charge in [0.05, 0.1) is 0 Å². The molecule has 1 aliphatic rings. The zero-order chi connectivity index (χ0) is 10.8. The molecule has 1 heterocycles. The molecule has 1 N–H and O–H groups in total. The van der Waals surface area contributed by atoms with Crippen molar-refractivity contribution in [2.24, 2.45) is 0 Å². The molecule has 15 heavy (non-hydrogen) atoms. The van der Waals surface area contributed by atoms with Crippen molar-refractivity contribution >= 4 is 11.4 Å². The fourth-order valence-electron chi connectivity index (χ4n) is 2.32. The van der Waals surface area contributed by atoms with Crippen LogP contribution in [-0.2, 0) is 6.42 Å². The average Bonchev–Trinajstić information content (AvgIpc) is 2.59. The number of hydrogen-bond donors (Lipinski definition) is 1. The summed E-state index contributed by atoms with van der Waals surface area (Å²) in [4.78, 5) is 2.39. The van der Waals surface area contributed by atoms with Crippen molar-refractivity contribution < 1.29 is 0 Å². The fraction of sp³-hybridized carbons (Fsp3) is 0.538. The number of nitrogens with zero attached hydrogens (tertiary/aromatic N) is 1. The van der Waals surface area contributed by atoms with Gasteiger partial charge in [-0.25, -0.2) is 0 Å². The van der Waals surface area contributed by atoms with Crippen LogP contribution >= 0.6 is 0 Å². The number of fused-ring (bicyclic) bond motifs is 1. The van der Waals surface area contributed by atoms with Gasteiger partial charge in [0.25, 0.3) is 0 Å². The lowest BCUT2D eigenvalue weighted by Crippen LogP contribution is -2.21. The van der Waals surface area contributed by atoms with Crippen LogP contribution in [0.3, 0.4) is 0 Å². The predicted molar refractivity (Wildman–Crippen MR) is 66.8 cm³/mol. The summed E-state index contributed by atoms with van der Waals surface area (Å²) in [6, 6.07) is 7.36. The Hall–Kier alpha value is -1.18. The molecular weight excluding hydrogens is 184 g/mol. The molecule has 1 aromatic carbocycles. The van der Waals surface area contributed by atoms with Crippen LogP contribution in [0.15, 0.2) is 18.2 Å². The third-order valence-electron chi connectivity index (χ3n) is 3.15. The van der Waals surface area contributed by atoms with E-state index in [1.54, 1.807) is 0 Å². The van der Waals surface area contributed by atoms with Crippen molar-refractivity contribution in [3.05, 3.63) is 23.8 Å². The molecule has 0 spiro atoms. The SMILES string of the molecule is CCN(CC)c1ccc2c(c1)CC(C)N2. The van der Waals surface area contributed by atoms with Gasteiger partial charge in [-0.05, 0) is 51.0 Å². The monoisotopic (exact) mass is 204 g/mol. The maximum absolute atomic E-state index is 3.48. The molecule has 2 heteroatoms. The van der Waals surface area contributed by atoms with E-state index in [0.29, 0.717) is 6.04 Å².